The molecule has 0 unspecified atom stereocenters. The maximum absolute atomic E-state index is 5.05. The summed E-state index contributed by atoms with van der Waals surface area (Å²) in [5.74, 6) is 0. The van der Waals surface area contributed by atoms with Crippen molar-refractivity contribution < 1.29 is 48.1 Å². The summed E-state index contributed by atoms with van der Waals surface area (Å²) in [5.41, 5.74) is 0. The zero-order valence-corrected chi connectivity index (χ0v) is 11.6. The molecule has 0 radical (unpaired) electrons. The van der Waals surface area contributed by atoms with E-state index in [1.54, 1.807) is 0 Å². The van der Waals surface area contributed by atoms with Gasteiger partial charge in [0.05, 0.1) is 0 Å². The first kappa shape index (κ1) is 53.0. The SMILES string of the molecule is O.O.O.O.O.O.[Cl][Hf]([Cl])([Cl])[Cl]. The Kier molecular flexibility index (Phi) is 109. The molecule has 6 nitrogen and oxygen atoms in total. The number of hydrogen-bond donors (Lipinski definition) is 0. The van der Waals surface area contributed by atoms with Crippen molar-refractivity contribution in [1.29, 1.82) is 0 Å². The molecule has 11 heavy (non-hydrogen) atoms. The van der Waals surface area contributed by atoms with Crippen LogP contribution in [-0.4, -0.2) is 32.9 Å². The van der Waals surface area contributed by atoms with Crippen LogP contribution < -0.4 is 0 Å². The Hall–Kier alpha value is 1.79. The molecule has 0 bridgehead atoms. The van der Waals surface area contributed by atoms with E-state index in [4.69, 9.17) is 34.3 Å². The summed E-state index contributed by atoms with van der Waals surface area (Å²) in [4.78, 5) is 0. The van der Waals surface area contributed by atoms with E-state index in [-0.39, 0.29) is 32.9 Å². The van der Waals surface area contributed by atoms with Crippen LogP contribution in [0.5, 0.6) is 0 Å². The standard InChI is InChI=1S/4ClH.Hf.6H2O/h4*1H;;6*1H2/q;;;;+4;;;;;;/p-4. The van der Waals surface area contributed by atoms with Gasteiger partial charge in [0.25, 0.3) is 0 Å². The van der Waals surface area contributed by atoms with Crippen LogP contribution in [0.3, 0.4) is 0 Å². The molecule has 80 valence electrons. The molecule has 0 aromatic rings. The molecule has 0 aliphatic rings. The van der Waals surface area contributed by atoms with Crippen LogP contribution in [0.4, 0.5) is 0 Å². The average molecular weight is 428 g/mol. The van der Waals surface area contributed by atoms with E-state index in [9.17, 15) is 0 Å². The van der Waals surface area contributed by atoms with Gasteiger partial charge in [0.2, 0.25) is 0 Å². The molecule has 0 aromatic heterocycles. The van der Waals surface area contributed by atoms with Crippen LogP contribution in [0.2, 0.25) is 0 Å². The van der Waals surface area contributed by atoms with E-state index in [2.05, 4.69) is 0 Å². The Morgan fingerprint density at radius 1 is 0.455 bits per heavy atom. The van der Waals surface area contributed by atoms with Gasteiger partial charge in [0, 0.05) is 0 Å². The van der Waals surface area contributed by atoms with Crippen molar-refractivity contribution in [1.82, 2.24) is 0 Å². The van der Waals surface area contributed by atoms with Gasteiger partial charge in [0.15, 0.2) is 0 Å². The van der Waals surface area contributed by atoms with Gasteiger partial charge in [0.1, 0.15) is 0 Å². The first-order valence-corrected chi connectivity index (χ1v) is 18.6. The van der Waals surface area contributed by atoms with Crippen LogP contribution in [0, 0.1) is 0 Å². The van der Waals surface area contributed by atoms with Gasteiger partial charge in [-0.15, -0.1) is 0 Å². The van der Waals surface area contributed by atoms with Crippen molar-refractivity contribution in [3.05, 3.63) is 0 Å². The number of hydrogen-bond acceptors (Lipinski definition) is 0. The first-order valence-electron chi connectivity index (χ1n) is 0.756. The maximum atomic E-state index is 5.05. The fraction of sp³-hybridized carbons (Fsp3) is 0. The number of halogens is 4. The van der Waals surface area contributed by atoms with Crippen molar-refractivity contribution in [2.75, 3.05) is 0 Å². The molecule has 0 heterocycles. The molecular weight excluding hydrogens is 416 g/mol. The van der Waals surface area contributed by atoms with E-state index in [1.165, 1.54) is 0 Å². The normalized spacial score (nSPS) is 5.45. The summed E-state index contributed by atoms with van der Waals surface area (Å²) in [5, 5.41) is 0. The zero-order chi connectivity index (χ0) is 4.50. The molecule has 0 amide bonds. The van der Waals surface area contributed by atoms with Crippen molar-refractivity contribution in [3.63, 3.8) is 0 Å². The second-order valence-corrected chi connectivity index (χ2v) is 31.6. The third kappa shape index (κ3) is 353. The molecule has 0 saturated carbocycles. The second kappa shape index (κ2) is 22.6. The van der Waals surface area contributed by atoms with Gasteiger partial charge in [-0.2, -0.15) is 0 Å². The molecule has 0 spiro atoms. The monoisotopic (exact) mass is 428 g/mol. The van der Waals surface area contributed by atoms with E-state index in [0.29, 0.717) is 0 Å². The summed E-state index contributed by atoms with van der Waals surface area (Å²) in [6.45, 7) is 0. The fourth-order valence-electron chi connectivity index (χ4n) is 0. The van der Waals surface area contributed by atoms with Gasteiger partial charge in [-0.05, 0) is 0 Å². The van der Waals surface area contributed by atoms with E-state index < -0.39 is 15.2 Å². The topological polar surface area (TPSA) is 189 Å². The molecule has 11 heteroatoms. The first-order chi connectivity index (χ1) is 2.00. The van der Waals surface area contributed by atoms with Crippen LogP contribution in [-0.2, 0) is 15.2 Å². The predicted molar refractivity (Wildman–Crippen MR) is 45.1 cm³/mol. The molecule has 0 fully saturated rings. The summed E-state index contributed by atoms with van der Waals surface area (Å²) in [6.07, 6.45) is 0. The van der Waals surface area contributed by atoms with Crippen molar-refractivity contribution >= 4 is 34.3 Å². The van der Waals surface area contributed by atoms with Gasteiger partial charge < -0.3 is 32.9 Å². The van der Waals surface area contributed by atoms with Gasteiger partial charge in [-0.25, -0.2) is 0 Å². The third-order valence-electron chi connectivity index (χ3n) is 0. The minimum atomic E-state index is -3.39. The van der Waals surface area contributed by atoms with Gasteiger partial charge >= 0.3 is 49.5 Å². The minimum absolute atomic E-state index is 0. The molecule has 0 aliphatic carbocycles. The molecular formula is H12Cl4HfO6. The number of rotatable bonds is 0. The molecule has 0 aromatic carbocycles. The van der Waals surface area contributed by atoms with E-state index in [0.717, 1.165) is 0 Å². The average Bonchev–Trinajstić information content (AvgIpc) is 0.722. The molecule has 12 N–H and O–H groups in total. The van der Waals surface area contributed by atoms with Crippen molar-refractivity contribution in [3.8, 4) is 0 Å². The van der Waals surface area contributed by atoms with Crippen molar-refractivity contribution in [2.24, 2.45) is 0 Å². The second-order valence-electron chi connectivity index (χ2n) is 0.429. The van der Waals surface area contributed by atoms with Gasteiger partial charge in [-0.1, -0.05) is 0 Å². The fourth-order valence-corrected chi connectivity index (χ4v) is 0. The summed E-state index contributed by atoms with van der Waals surface area (Å²) >= 11 is -3.39. The van der Waals surface area contributed by atoms with Crippen LogP contribution in [0.15, 0.2) is 0 Å². The quantitative estimate of drug-likeness (QED) is 0.379. The van der Waals surface area contributed by atoms with Crippen LogP contribution in [0.1, 0.15) is 0 Å². The Balaban J connectivity index is -0.00000000533. The Morgan fingerprint density at radius 3 is 0.455 bits per heavy atom. The Morgan fingerprint density at radius 2 is 0.455 bits per heavy atom. The van der Waals surface area contributed by atoms with Crippen LogP contribution in [0.25, 0.3) is 0 Å². The van der Waals surface area contributed by atoms with E-state index in [1.807, 2.05) is 0 Å². The third-order valence-corrected chi connectivity index (χ3v) is 0. The molecule has 0 saturated heterocycles. The van der Waals surface area contributed by atoms with Crippen molar-refractivity contribution in [2.45, 2.75) is 0 Å². The van der Waals surface area contributed by atoms with Gasteiger partial charge in [-0.3, -0.25) is 0 Å². The molecule has 0 rings (SSSR count). The summed E-state index contributed by atoms with van der Waals surface area (Å²) < 4.78 is 0. The Labute approximate surface area is 81.8 Å². The summed E-state index contributed by atoms with van der Waals surface area (Å²) in [6, 6.07) is 0. The Bertz CT molecular complexity index is 30.1. The molecule has 0 aliphatic heterocycles. The van der Waals surface area contributed by atoms with Crippen LogP contribution >= 0.6 is 34.3 Å². The molecule has 0 atom stereocenters. The predicted octanol–water partition coefficient (Wildman–Crippen LogP) is -2.19. The van der Waals surface area contributed by atoms with E-state index >= 15 is 0 Å². The zero-order valence-electron chi connectivity index (χ0n) is 5.01. The summed E-state index contributed by atoms with van der Waals surface area (Å²) in [7, 11) is 20.2.